The normalized spacial score (nSPS) is 14.0. The third kappa shape index (κ3) is 5.02. The van der Waals surface area contributed by atoms with E-state index in [0.717, 1.165) is 0 Å². The standard InChI is InChI=1S/C24H6Br8N4O6/c25-11-7-8(12(26)16(30)15(11)29)22(40)35(21(7)39)33-19(37)5-2-1-3-6(4-5)20(38)34-36-23(41)9-10(24(36)42)14(28)18(32)17(31)13(9)27/h1-4H,(H,33,37)(H,34,38). The third-order valence-electron chi connectivity index (χ3n) is 6.02. The van der Waals surface area contributed by atoms with E-state index < -0.39 is 35.4 Å². The highest BCUT2D eigenvalue weighted by molar-refractivity contribution is 9.15. The van der Waals surface area contributed by atoms with Crippen molar-refractivity contribution in [3.63, 3.8) is 0 Å². The van der Waals surface area contributed by atoms with Gasteiger partial charge in [-0.2, -0.15) is 10.0 Å². The van der Waals surface area contributed by atoms with Crippen LogP contribution < -0.4 is 10.9 Å². The van der Waals surface area contributed by atoms with Crippen molar-refractivity contribution in [2.45, 2.75) is 0 Å². The highest BCUT2D eigenvalue weighted by atomic mass is 79.9. The molecule has 0 atom stereocenters. The molecule has 2 heterocycles. The number of fused-ring (bicyclic) bond motifs is 2. The van der Waals surface area contributed by atoms with Crippen LogP contribution in [0.3, 0.4) is 0 Å². The first-order valence-electron chi connectivity index (χ1n) is 10.9. The monoisotopic (exact) mass is 1080 g/mol. The Kier molecular flexibility index (Phi) is 9.11. The third-order valence-corrected chi connectivity index (χ3v) is 15.6. The van der Waals surface area contributed by atoms with Crippen molar-refractivity contribution in [3.8, 4) is 0 Å². The number of amides is 6. The summed E-state index contributed by atoms with van der Waals surface area (Å²) in [7, 11) is 0. The lowest BCUT2D eigenvalue weighted by molar-refractivity contribution is 0.0515. The van der Waals surface area contributed by atoms with Crippen LogP contribution in [0.2, 0.25) is 0 Å². The second-order valence-corrected chi connectivity index (χ2v) is 14.7. The largest absolute Gasteiger partial charge is 0.281 e. The molecule has 18 heteroatoms. The van der Waals surface area contributed by atoms with Gasteiger partial charge in [0.25, 0.3) is 35.4 Å². The Bertz CT molecular complexity index is 1640. The van der Waals surface area contributed by atoms with Crippen LogP contribution >= 0.6 is 127 Å². The first-order chi connectivity index (χ1) is 19.7. The maximum absolute atomic E-state index is 13.1. The van der Waals surface area contributed by atoms with Crippen LogP contribution in [0.25, 0.3) is 0 Å². The summed E-state index contributed by atoms with van der Waals surface area (Å²) in [4.78, 5) is 78.5. The smallest absolute Gasteiger partial charge is 0.267 e. The summed E-state index contributed by atoms with van der Waals surface area (Å²) in [5, 5.41) is 1.14. The molecule has 0 radical (unpaired) electrons. The molecule has 0 spiro atoms. The van der Waals surface area contributed by atoms with Crippen LogP contribution in [0, 0.1) is 0 Å². The van der Waals surface area contributed by atoms with Gasteiger partial charge in [0.2, 0.25) is 0 Å². The predicted molar refractivity (Wildman–Crippen MR) is 177 cm³/mol. The second kappa shape index (κ2) is 11.9. The second-order valence-electron chi connectivity index (χ2n) is 8.37. The summed E-state index contributed by atoms with van der Waals surface area (Å²) < 4.78 is 3.19. The molecule has 0 saturated carbocycles. The summed E-state index contributed by atoms with van der Waals surface area (Å²) in [6.07, 6.45) is 0. The Hall–Kier alpha value is -1.28. The quantitative estimate of drug-likeness (QED) is 0.157. The molecular weight excluding hydrogens is 1080 g/mol. The zero-order valence-electron chi connectivity index (χ0n) is 19.7. The lowest BCUT2D eigenvalue weighted by Gasteiger charge is -2.17. The van der Waals surface area contributed by atoms with E-state index in [-0.39, 0.29) is 33.4 Å². The van der Waals surface area contributed by atoms with Gasteiger partial charge in [0.05, 0.1) is 22.3 Å². The number of benzene rings is 3. The van der Waals surface area contributed by atoms with E-state index in [1.807, 2.05) is 0 Å². The van der Waals surface area contributed by atoms with Crippen molar-refractivity contribution >= 4 is 163 Å². The van der Waals surface area contributed by atoms with Crippen molar-refractivity contribution in [3.05, 3.63) is 93.4 Å². The van der Waals surface area contributed by atoms with Gasteiger partial charge in [-0.25, -0.2) is 0 Å². The molecule has 10 nitrogen and oxygen atoms in total. The fourth-order valence-corrected chi connectivity index (χ4v) is 8.95. The summed E-state index contributed by atoms with van der Waals surface area (Å²) in [5.41, 5.74) is 4.53. The van der Waals surface area contributed by atoms with Gasteiger partial charge in [0.15, 0.2) is 0 Å². The number of halogens is 8. The molecule has 6 amide bonds. The van der Waals surface area contributed by atoms with Crippen LogP contribution in [0.5, 0.6) is 0 Å². The van der Waals surface area contributed by atoms with Crippen LogP contribution in [0.15, 0.2) is 60.0 Å². The number of hydrazine groups is 2. The van der Waals surface area contributed by atoms with E-state index in [0.29, 0.717) is 45.8 Å². The minimum absolute atomic E-state index is 0.0358. The molecule has 0 aliphatic carbocycles. The lowest BCUT2D eigenvalue weighted by Crippen LogP contribution is -2.46. The molecule has 3 aromatic carbocycles. The van der Waals surface area contributed by atoms with Crippen molar-refractivity contribution in [1.82, 2.24) is 20.9 Å². The molecule has 214 valence electrons. The van der Waals surface area contributed by atoms with E-state index >= 15 is 0 Å². The van der Waals surface area contributed by atoms with Crippen molar-refractivity contribution in [1.29, 1.82) is 0 Å². The molecule has 0 aromatic heterocycles. The van der Waals surface area contributed by atoms with E-state index in [9.17, 15) is 28.8 Å². The molecule has 2 aliphatic rings. The van der Waals surface area contributed by atoms with Gasteiger partial charge < -0.3 is 0 Å². The molecule has 0 fully saturated rings. The van der Waals surface area contributed by atoms with Gasteiger partial charge in [0, 0.05) is 46.9 Å². The average molecular weight is 1090 g/mol. The lowest BCUT2D eigenvalue weighted by atomic mass is 10.1. The minimum Gasteiger partial charge on any atom is -0.267 e. The maximum Gasteiger partial charge on any atom is 0.281 e. The van der Waals surface area contributed by atoms with Crippen LogP contribution in [-0.4, -0.2) is 45.5 Å². The van der Waals surface area contributed by atoms with Gasteiger partial charge in [-0.15, -0.1) is 0 Å². The van der Waals surface area contributed by atoms with Gasteiger partial charge in [-0.05, 0) is 146 Å². The SMILES string of the molecule is O=C(NN1C(=O)c2c(Br)c(Br)c(Br)c(Br)c2C1=O)c1cccc(C(=O)NN2C(=O)c3c(Br)c(Br)c(Br)c(Br)c3C2=O)c1. The average Bonchev–Trinajstić information content (AvgIpc) is 3.36. The number of nitrogens with zero attached hydrogens (tertiary/aromatic N) is 2. The Morgan fingerprint density at radius 1 is 0.476 bits per heavy atom. The van der Waals surface area contributed by atoms with Crippen molar-refractivity contribution in [2.75, 3.05) is 0 Å². The molecule has 0 bridgehead atoms. The van der Waals surface area contributed by atoms with Gasteiger partial charge in [0.1, 0.15) is 0 Å². The number of hydrogen-bond donors (Lipinski definition) is 2. The summed E-state index contributed by atoms with van der Waals surface area (Å²) in [5.74, 6) is -4.85. The molecule has 0 saturated heterocycles. The highest BCUT2D eigenvalue weighted by Gasteiger charge is 2.43. The zero-order chi connectivity index (χ0) is 30.9. The molecule has 2 aliphatic heterocycles. The Morgan fingerprint density at radius 3 is 1.00 bits per heavy atom. The van der Waals surface area contributed by atoms with Crippen molar-refractivity contribution < 1.29 is 28.8 Å². The summed E-state index contributed by atoms with van der Waals surface area (Å²) in [6, 6.07) is 5.28. The molecule has 0 unspecified atom stereocenters. The van der Waals surface area contributed by atoms with E-state index in [1.54, 1.807) is 0 Å². The molecule has 3 aromatic rings. The maximum atomic E-state index is 13.1. The Morgan fingerprint density at radius 2 is 0.738 bits per heavy atom. The van der Waals surface area contributed by atoms with E-state index in [1.165, 1.54) is 24.3 Å². The number of hydrogen-bond acceptors (Lipinski definition) is 6. The highest BCUT2D eigenvalue weighted by Crippen LogP contribution is 2.46. The number of carbonyl (C=O) groups excluding carboxylic acids is 6. The Balaban J connectivity index is 1.37. The molecule has 42 heavy (non-hydrogen) atoms. The summed E-state index contributed by atoms with van der Waals surface area (Å²) >= 11 is 26.5. The van der Waals surface area contributed by atoms with Gasteiger partial charge in [-0.3, -0.25) is 39.6 Å². The predicted octanol–water partition coefficient (Wildman–Crippen LogP) is 7.67. The van der Waals surface area contributed by atoms with Crippen LogP contribution in [-0.2, 0) is 0 Å². The van der Waals surface area contributed by atoms with Crippen molar-refractivity contribution in [2.24, 2.45) is 0 Å². The Labute approximate surface area is 302 Å². The van der Waals surface area contributed by atoms with Crippen LogP contribution in [0.1, 0.15) is 62.1 Å². The fourth-order valence-electron chi connectivity index (χ4n) is 4.04. The zero-order valence-corrected chi connectivity index (χ0v) is 32.4. The topological polar surface area (TPSA) is 133 Å². The number of carbonyl (C=O) groups is 6. The fraction of sp³-hybridized carbons (Fsp3) is 0. The number of rotatable bonds is 4. The first kappa shape index (κ1) is 32.1. The number of nitrogens with one attached hydrogen (secondary N) is 2. The van der Waals surface area contributed by atoms with E-state index in [2.05, 4.69) is 138 Å². The van der Waals surface area contributed by atoms with Crippen LogP contribution in [0.4, 0.5) is 0 Å². The summed E-state index contributed by atoms with van der Waals surface area (Å²) in [6.45, 7) is 0. The molecular formula is C24H6Br8N4O6. The minimum atomic E-state index is -0.868. The molecule has 2 N–H and O–H groups in total. The van der Waals surface area contributed by atoms with Gasteiger partial charge in [-0.1, -0.05) is 6.07 Å². The molecule has 5 rings (SSSR count). The first-order valence-corrected chi connectivity index (χ1v) is 17.2. The van der Waals surface area contributed by atoms with Gasteiger partial charge >= 0.3 is 0 Å². The number of imide groups is 2. The van der Waals surface area contributed by atoms with E-state index in [4.69, 9.17) is 0 Å².